The van der Waals surface area contributed by atoms with Crippen LogP contribution < -0.4 is 0 Å². The lowest BCUT2D eigenvalue weighted by Crippen LogP contribution is -2.25. The molecule has 0 saturated heterocycles. The zero-order valence-electron chi connectivity index (χ0n) is 33.8. The molecule has 5 nitrogen and oxygen atoms in total. The quantitative estimate of drug-likeness (QED) is 0.178. The summed E-state index contributed by atoms with van der Waals surface area (Å²) in [5.41, 5.74) is 18.0. The van der Waals surface area contributed by atoms with E-state index in [1.807, 2.05) is 48.5 Å². The lowest BCUT2D eigenvalue weighted by atomic mass is 9.70. The average molecular weight is 803 g/mol. The first-order valence-corrected chi connectivity index (χ1v) is 21.4. The monoisotopic (exact) mass is 802 g/mol. The fourth-order valence-electron chi connectivity index (χ4n) is 11.0. The van der Waals surface area contributed by atoms with E-state index in [1.54, 1.807) is 0 Å². The molecule has 3 heterocycles. The molecule has 0 saturated carbocycles. The lowest BCUT2D eigenvalue weighted by Gasteiger charge is -2.30. The van der Waals surface area contributed by atoms with Crippen LogP contribution in [0.2, 0.25) is 0 Å². The molecular weight excluding hydrogens is 769 g/mol. The molecule has 0 bridgehead atoms. The molecule has 5 heteroatoms. The molecule has 0 aliphatic heterocycles. The predicted molar refractivity (Wildman–Crippen MR) is 254 cm³/mol. The summed E-state index contributed by atoms with van der Waals surface area (Å²) in [6.45, 7) is 0. The van der Waals surface area contributed by atoms with Crippen LogP contribution in [0.3, 0.4) is 0 Å². The second-order valence-corrected chi connectivity index (χ2v) is 16.6. The van der Waals surface area contributed by atoms with Crippen LogP contribution in [0.4, 0.5) is 0 Å². The zero-order chi connectivity index (χ0) is 41.2. The van der Waals surface area contributed by atoms with Crippen molar-refractivity contribution in [3.63, 3.8) is 0 Å². The van der Waals surface area contributed by atoms with Crippen molar-refractivity contribution < 1.29 is 4.42 Å². The van der Waals surface area contributed by atoms with Gasteiger partial charge in [-0.15, -0.1) is 0 Å². The van der Waals surface area contributed by atoms with Crippen molar-refractivity contribution in [2.24, 2.45) is 0 Å². The molecule has 3 aromatic heterocycles. The van der Waals surface area contributed by atoms with Gasteiger partial charge >= 0.3 is 0 Å². The van der Waals surface area contributed by atoms with Crippen LogP contribution in [0, 0.1) is 0 Å². The molecule has 12 aromatic rings. The van der Waals surface area contributed by atoms with Gasteiger partial charge in [-0.3, -0.25) is 4.57 Å². The minimum absolute atomic E-state index is 0.408. The molecule has 0 fully saturated rings. The Labute approximate surface area is 362 Å². The molecule has 0 unspecified atom stereocenters. The molecule has 1 spiro atoms. The van der Waals surface area contributed by atoms with Gasteiger partial charge in [-0.1, -0.05) is 176 Å². The normalized spacial score (nSPS) is 13.2. The Morgan fingerprint density at radius 3 is 1.75 bits per heavy atom. The van der Waals surface area contributed by atoms with Crippen molar-refractivity contribution in [2.75, 3.05) is 0 Å². The van der Waals surface area contributed by atoms with Gasteiger partial charge in [0.2, 0.25) is 5.95 Å². The summed E-state index contributed by atoms with van der Waals surface area (Å²) in [7, 11) is 0. The van der Waals surface area contributed by atoms with E-state index in [1.165, 1.54) is 50.1 Å². The molecule has 14 rings (SSSR count). The fourth-order valence-corrected chi connectivity index (χ4v) is 11.0. The Morgan fingerprint density at radius 2 is 0.937 bits per heavy atom. The van der Waals surface area contributed by atoms with Crippen LogP contribution in [0.5, 0.6) is 0 Å². The number of rotatable bonds is 4. The smallest absolute Gasteiger partial charge is 0.238 e. The first-order valence-electron chi connectivity index (χ1n) is 21.4. The van der Waals surface area contributed by atoms with Gasteiger partial charge in [-0.05, 0) is 86.0 Å². The maximum atomic E-state index is 6.32. The minimum atomic E-state index is -0.408. The summed E-state index contributed by atoms with van der Waals surface area (Å²) >= 11 is 0. The van der Waals surface area contributed by atoms with Crippen molar-refractivity contribution in [1.29, 1.82) is 0 Å². The number of aromatic nitrogens is 4. The van der Waals surface area contributed by atoms with Crippen LogP contribution in [0.1, 0.15) is 22.3 Å². The van der Waals surface area contributed by atoms with Gasteiger partial charge in [0.15, 0.2) is 11.6 Å². The van der Waals surface area contributed by atoms with Crippen molar-refractivity contribution in [3.05, 3.63) is 229 Å². The summed E-state index contributed by atoms with van der Waals surface area (Å²) in [6.07, 6.45) is 0. The van der Waals surface area contributed by atoms with Gasteiger partial charge in [0.1, 0.15) is 11.2 Å². The third kappa shape index (κ3) is 4.63. The Bertz CT molecular complexity index is 3830. The fraction of sp³-hybridized carbons (Fsp3) is 0.0172. The molecular formula is C58H34N4O. The average Bonchev–Trinajstić information content (AvgIpc) is 4.08. The summed E-state index contributed by atoms with van der Waals surface area (Å²) in [6, 6.07) is 73.8. The van der Waals surface area contributed by atoms with Gasteiger partial charge in [0.05, 0.1) is 16.4 Å². The van der Waals surface area contributed by atoms with Gasteiger partial charge in [0.25, 0.3) is 0 Å². The van der Waals surface area contributed by atoms with Gasteiger partial charge in [-0.2, -0.15) is 9.97 Å². The van der Waals surface area contributed by atoms with Crippen LogP contribution in [0.15, 0.2) is 211 Å². The number of hydrogen-bond donors (Lipinski definition) is 0. The van der Waals surface area contributed by atoms with E-state index in [2.05, 4.69) is 162 Å². The number of furan rings is 1. The van der Waals surface area contributed by atoms with E-state index in [4.69, 9.17) is 19.4 Å². The highest BCUT2D eigenvalue weighted by molar-refractivity contribution is 6.13. The molecule has 292 valence electrons. The van der Waals surface area contributed by atoms with Gasteiger partial charge in [0, 0.05) is 32.7 Å². The van der Waals surface area contributed by atoms with Crippen molar-refractivity contribution in [2.45, 2.75) is 5.41 Å². The molecule has 2 aliphatic rings. The molecule has 0 atom stereocenters. The van der Waals surface area contributed by atoms with Gasteiger partial charge < -0.3 is 4.42 Å². The number of nitrogens with zero attached hydrogens (tertiary/aromatic N) is 4. The van der Waals surface area contributed by atoms with E-state index >= 15 is 0 Å². The SMILES string of the molecule is c1ccc(-c2nc(-c3cccc4oc5ccccc5c34)nc(-n3c4ccccc4c4cc(-c5cccc6c5-c5ccccc5C65c6ccccc6-c6ccccc65)ccc43)n2)cc1. The number of benzene rings is 9. The van der Waals surface area contributed by atoms with Crippen LogP contribution in [-0.2, 0) is 5.41 Å². The van der Waals surface area contributed by atoms with Crippen molar-refractivity contribution >= 4 is 43.7 Å². The third-order valence-electron chi connectivity index (χ3n) is 13.5. The molecule has 9 aromatic carbocycles. The molecule has 63 heavy (non-hydrogen) atoms. The lowest BCUT2D eigenvalue weighted by molar-refractivity contribution is 0.669. The highest BCUT2D eigenvalue weighted by Crippen LogP contribution is 2.64. The van der Waals surface area contributed by atoms with E-state index < -0.39 is 5.41 Å². The van der Waals surface area contributed by atoms with Crippen LogP contribution >= 0.6 is 0 Å². The first-order chi connectivity index (χ1) is 31.3. The Hall–Kier alpha value is -8.41. The Morgan fingerprint density at radius 1 is 0.365 bits per heavy atom. The number of fused-ring (bicyclic) bond motifs is 16. The van der Waals surface area contributed by atoms with E-state index in [0.717, 1.165) is 60.4 Å². The summed E-state index contributed by atoms with van der Waals surface area (Å²) in [5, 5.41) is 4.27. The molecule has 0 amide bonds. The largest absolute Gasteiger partial charge is 0.456 e. The van der Waals surface area contributed by atoms with Crippen molar-refractivity contribution in [3.8, 4) is 62.1 Å². The van der Waals surface area contributed by atoms with E-state index in [9.17, 15) is 0 Å². The maximum Gasteiger partial charge on any atom is 0.238 e. The first kappa shape index (κ1) is 34.3. The topological polar surface area (TPSA) is 56.7 Å². The molecule has 0 radical (unpaired) electrons. The summed E-state index contributed by atoms with van der Waals surface area (Å²) in [4.78, 5) is 15.8. The van der Waals surface area contributed by atoms with E-state index in [0.29, 0.717) is 17.6 Å². The second kappa shape index (κ2) is 12.8. The van der Waals surface area contributed by atoms with Crippen LogP contribution in [-0.4, -0.2) is 19.5 Å². The maximum absolute atomic E-state index is 6.32. The molecule has 2 aliphatic carbocycles. The highest BCUT2D eigenvalue weighted by Gasteiger charge is 2.52. The third-order valence-corrected chi connectivity index (χ3v) is 13.5. The number of hydrogen-bond acceptors (Lipinski definition) is 4. The number of para-hydroxylation sites is 2. The van der Waals surface area contributed by atoms with Crippen LogP contribution in [0.25, 0.3) is 106 Å². The summed E-state index contributed by atoms with van der Waals surface area (Å²) in [5.74, 6) is 1.74. The Kier molecular flexibility index (Phi) is 6.97. The summed E-state index contributed by atoms with van der Waals surface area (Å²) < 4.78 is 8.52. The van der Waals surface area contributed by atoms with Gasteiger partial charge in [-0.25, -0.2) is 4.98 Å². The second-order valence-electron chi connectivity index (χ2n) is 16.6. The Balaban J connectivity index is 1.00. The standard InChI is InChI=1S/C58H34N4O/c1-2-16-35(17-3-1)55-59-56(43-24-15-31-52-54(43)42-22-8-13-30-51(42)63-52)61-57(60-55)62-49-29-12-7-20-40(49)44-34-36(32-33-50(44)62)37-23-14-28-48-53(37)41-21-6-11-27-47(41)58(48)45-25-9-4-18-38(45)39-19-5-10-26-46(39)58/h1-34H. The zero-order valence-corrected chi connectivity index (χ0v) is 33.8. The highest BCUT2D eigenvalue weighted by atomic mass is 16.3. The minimum Gasteiger partial charge on any atom is -0.456 e. The predicted octanol–water partition coefficient (Wildman–Crippen LogP) is 14.2. The molecule has 0 N–H and O–H groups in total. The van der Waals surface area contributed by atoms with E-state index in [-0.39, 0.29) is 0 Å². The van der Waals surface area contributed by atoms with Crippen molar-refractivity contribution in [1.82, 2.24) is 19.5 Å².